The van der Waals surface area contributed by atoms with Crippen molar-refractivity contribution in [1.82, 2.24) is 15.2 Å². The van der Waals surface area contributed by atoms with Gasteiger partial charge in [-0.15, -0.1) is 0 Å². The number of fused-ring (bicyclic) bond motifs is 1. The summed E-state index contributed by atoms with van der Waals surface area (Å²) in [6, 6.07) is 6.26. The van der Waals surface area contributed by atoms with E-state index in [4.69, 9.17) is 5.73 Å². The summed E-state index contributed by atoms with van der Waals surface area (Å²) in [5, 5.41) is 4.27. The molecule has 1 aromatic carbocycles. The van der Waals surface area contributed by atoms with Crippen molar-refractivity contribution in [3.05, 3.63) is 35.5 Å². The number of nitrogens with zero attached hydrogens (tertiary/aromatic N) is 1. The van der Waals surface area contributed by atoms with Gasteiger partial charge in [0.15, 0.2) is 0 Å². The SMILES string of the molecule is Cc1cccc2c(CCNC(=O)C3CCCN(CC(N)=O)C3)c[nH]c12. The second-order valence-electron chi connectivity index (χ2n) is 6.89. The highest BCUT2D eigenvalue weighted by Crippen LogP contribution is 2.21. The predicted octanol–water partition coefficient (Wildman–Crippen LogP) is 1.33. The number of likely N-dealkylation sites (tertiary alicyclic amines) is 1. The van der Waals surface area contributed by atoms with E-state index in [1.165, 1.54) is 22.0 Å². The monoisotopic (exact) mass is 342 g/mol. The average molecular weight is 342 g/mol. The van der Waals surface area contributed by atoms with Gasteiger partial charge in [0.2, 0.25) is 11.8 Å². The van der Waals surface area contributed by atoms with Crippen molar-refractivity contribution in [3.63, 3.8) is 0 Å². The Morgan fingerprint density at radius 1 is 1.40 bits per heavy atom. The van der Waals surface area contributed by atoms with Crippen LogP contribution in [0.4, 0.5) is 0 Å². The Labute approximate surface area is 147 Å². The van der Waals surface area contributed by atoms with Crippen LogP contribution in [0, 0.1) is 12.8 Å². The molecule has 0 aliphatic carbocycles. The van der Waals surface area contributed by atoms with Gasteiger partial charge in [-0.3, -0.25) is 14.5 Å². The average Bonchev–Trinajstić information content (AvgIpc) is 2.99. The van der Waals surface area contributed by atoms with E-state index in [1.807, 2.05) is 11.1 Å². The number of nitrogens with one attached hydrogen (secondary N) is 2. The molecule has 25 heavy (non-hydrogen) atoms. The number of benzene rings is 1. The molecule has 1 unspecified atom stereocenters. The number of rotatable bonds is 6. The molecule has 1 aromatic heterocycles. The number of primary amides is 1. The van der Waals surface area contributed by atoms with E-state index in [0.29, 0.717) is 13.1 Å². The van der Waals surface area contributed by atoms with Crippen LogP contribution < -0.4 is 11.1 Å². The maximum Gasteiger partial charge on any atom is 0.231 e. The molecule has 4 N–H and O–H groups in total. The molecule has 1 aliphatic heterocycles. The molecule has 0 bridgehead atoms. The summed E-state index contributed by atoms with van der Waals surface area (Å²) < 4.78 is 0. The number of aromatic nitrogens is 1. The van der Waals surface area contributed by atoms with Crippen LogP contribution in [0.2, 0.25) is 0 Å². The summed E-state index contributed by atoms with van der Waals surface area (Å²) >= 11 is 0. The van der Waals surface area contributed by atoms with Gasteiger partial charge in [0.05, 0.1) is 12.5 Å². The Kier molecular flexibility index (Phi) is 5.38. The Hall–Kier alpha value is -2.34. The molecule has 1 saturated heterocycles. The van der Waals surface area contributed by atoms with Gasteiger partial charge in [0.1, 0.15) is 0 Å². The van der Waals surface area contributed by atoms with Crippen LogP contribution >= 0.6 is 0 Å². The lowest BCUT2D eigenvalue weighted by molar-refractivity contribution is -0.128. The number of aromatic amines is 1. The highest BCUT2D eigenvalue weighted by atomic mass is 16.2. The molecule has 134 valence electrons. The Morgan fingerprint density at radius 2 is 2.24 bits per heavy atom. The molecule has 2 aromatic rings. The minimum atomic E-state index is -0.337. The van der Waals surface area contributed by atoms with Gasteiger partial charge in [-0.05, 0) is 43.9 Å². The molecule has 3 rings (SSSR count). The topological polar surface area (TPSA) is 91.2 Å². The van der Waals surface area contributed by atoms with Crippen molar-refractivity contribution in [3.8, 4) is 0 Å². The van der Waals surface area contributed by atoms with Crippen LogP contribution in [0.25, 0.3) is 10.9 Å². The first-order chi connectivity index (χ1) is 12.0. The number of hydrogen-bond donors (Lipinski definition) is 3. The summed E-state index contributed by atoms with van der Waals surface area (Å²) in [4.78, 5) is 28.8. The fourth-order valence-electron chi connectivity index (χ4n) is 3.67. The second-order valence-corrected chi connectivity index (χ2v) is 6.89. The summed E-state index contributed by atoms with van der Waals surface area (Å²) in [5.74, 6) is -0.320. The maximum absolute atomic E-state index is 12.4. The van der Waals surface area contributed by atoms with E-state index in [-0.39, 0.29) is 24.3 Å². The first-order valence-electron chi connectivity index (χ1n) is 8.88. The molecule has 1 fully saturated rings. The van der Waals surface area contributed by atoms with Crippen LogP contribution in [0.3, 0.4) is 0 Å². The fourth-order valence-corrected chi connectivity index (χ4v) is 3.67. The highest BCUT2D eigenvalue weighted by Gasteiger charge is 2.26. The van der Waals surface area contributed by atoms with E-state index in [2.05, 4.69) is 35.4 Å². The summed E-state index contributed by atoms with van der Waals surface area (Å²) in [6.07, 6.45) is 4.62. The fraction of sp³-hybridized carbons (Fsp3) is 0.474. The van der Waals surface area contributed by atoms with Crippen LogP contribution in [0.15, 0.2) is 24.4 Å². The number of hydrogen-bond acceptors (Lipinski definition) is 3. The van der Waals surface area contributed by atoms with E-state index >= 15 is 0 Å². The zero-order valence-corrected chi connectivity index (χ0v) is 14.7. The highest BCUT2D eigenvalue weighted by molar-refractivity contribution is 5.86. The molecule has 6 heteroatoms. The van der Waals surface area contributed by atoms with E-state index in [1.54, 1.807) is 0 Å². The minimum Gasteiger partial charge on any atom is -0.369 e. The van der Waals surface area contributed by atoms with Crippen LogP contribution in [0.1, 0.15) is 24.0 Å². The van der Waals surface area contributed by atoms with Gasteiger partial charge in [0.25, 0.3) is 0 Å². The third-order valence-corrected chi connectivity index (χ3v) is 4.96. The third-order valence-electron chi connectivity index (χ3n) is 4.96. The quantitative estimate of drug-likeness (QED) is 0.740. The van der Waals surface area contributed by atoms with Gasteiger partial charge in [-0.25, -0.2) is 0 Å². The van der Waals surface area contributed by atoms with Gasteiger partial charge in [-0.1, -0.05) is 18.2 Å². The smallest absolute Gasteiger partial charge is 0.231 e. The van der Waals surface area contributed by atoms with Gasteiger partial charge >= 0.3 is 0 Å². The van der Waals surface area contributed by atoms with Gasteiger partial charge in [0, 0.05) is 30.2 Å². The number of amides is 2. The number of H-pyrrole nitrogens is 1. The first kappa shape index (κ1) is 17.5. The lowest BCUT2D eigenvalue weighted by Crippen LogP contribution is -2.46. The summed E-state index contributed by atoms with van der Waals surface area (Å²) in [7, 11) is 0. The zero-order valence-electron chi connectivity index (χ0n) is 14.7. The lowest BCUT2D eigenvalue weighted by Gasteiger charge is -2.30. The van der Waals surface area contributed by atoms with Crippen molar-refractivity contribution in [2.75, 3.05) is 26.2 Å². The molecule has 0 saturated carbocycles. The number of nitrogens with two attached hydrogens (primary N) is 1. The lowest BCUT2D eigenvalue weighted by atomic mass is 9.97. The van der Waals surface area contributed by atoms with Crippen LogP contribution in [-0.4, -0.2) is 47.9 Å². The summed E-state index contributed by atoms with van der Waals surface area (Å²) in [5.41, 5.74) is 8.86. The number of para-hydroxylation sites is 1. The van der Waals surface area contributed by atoms with Crippen LogP contribution in [0.5, 0.6) is 0 Å². The minimum absolute atomic E-state index is 0.0571. The number of carbonyl (C=O) groups excluding carboxylic acids is 2. The molecule has 0 radical (unpaired) electrons. The maximum atomic E-state index is 12.4. The third kappa shape index (κ3) is 4.20. The van der Waals surface area contributed by atoms with Gasteiger partial charge < -0.3 is 16.0 Å². The standard InChI is InChI=1S/C19H26N4O2/c1-13-4-2-6-16-14(10-22-18(13)16)7-8-21-19(25)15-5-3-9-23(11-15)12-17(20)24/h2,4,6,10,15,22H,3,5,7-9,11-12H2,1H3,(H2,20,24)(H,21,25). The molecule has 2 heterocycles. The molecule has 6 nitrogen and oxygen atoms in total. The normalized spacial score (nSPS) is 18.4. The van der Waals surface area contributed by atoms with E-state index in [0.717, 1.165) is 25.8 Å². The number of aryl methyl sites for hydroxylation is 1. The van der Waals surface area contributed by atoms with Crippen LogP contribution in [-0.2, 0) is 16.0 Å². The van der Waals surface area contributed by atoms with Crippen molar-refractivity contribution in [2.24, 2.45) is 11.7 Å². The Bertz CT molecular complexity index is 768. The molecule has 0 spiro atoms. The van der Waals surface area contributed by atoms with Crippen molar-refractivity contribution in [2.45, 2.75) is 26.2 Å². The van der Waals surface area contributed by atoms with Gasteiger partial charge in [-0.2, -0.15) is 0 Å². The first-order valence-corrected chi connectivity index (χ1v) is 8.88. The van der Waals surface area contributed by atoms with E-state index in [9.17, 15) is 9.59 Å². The van der Waals surface area contributed by atoms with E-state index < -0.39 is 0 Å². The van der Waals surface area contributed by atoms with Crippen molar-refractivity contribution < 1.29 is 9.59 Å². The largest absolute Gasteiger partial charge is 0.369 e. The Morgan fingerprint density at radius 3 is 3.04 bits per heavy atom. The number of carbonyl (C=O) groups is 2. The van der Waals surface area contributed by atoms with Crippen molar-refractivity contribution >= 4 is 22.7 Å². The zero-order chi connectivity index (χ0) is 17.8. The molecule has 2 amide bonds. The molecule has 1 atom stereocenters. The Balaban J connectivity index is 1.52. The predicted molar refractivity (Wildman–Crippen MR) is 98.1 cm³/mol. The second kappa shape index (κ2) is 7.70. The molecular formula is C19H26N4O2. The molecular weight excluding hydrogens is 316 g/mol. The summed E-state index contributed by atoms with van der Waals surface area (Å²) in [6.45, 7) is 4.39. The molecule has 1 aliphatic rings. The van der Waals surface area contributed by atoms with Crippen molar-refractivity contribution in [1.29, 1.82) is 0 Å². The number of piperidine rings is 1.